The Balaban J connectivity index is 1.64. The number of aliphatic imine (C=N–C) groups is 1. The summed E-state index contributed by atoms with van der Waals surface area (Å²) in [5.41, 5.74) is 2.78. The highest BCUT2D eigenvalue weighted by atomic mass is 16.6. The minimum absolute atomic E-state index is 0.257. The summed E-state index contributed by atoms with van der Waals surface area (Å²) in [6, 6.07) is 15.0. The Morgan fingerprint density at radius 3 is 2.92 bits per heavy atom. The van der Waals surface area contributed by atoms with Gasteiger partial charge in [0.25, 0.3) is 0 Å². The Morgan fingerprint density at radius 2 is 2.04 bits per heavy atom. The Kier molecular flexibility index (Phi) is 3.82. The van der Waals surface area contributed by atoms with Gasteiger partial charge in [-0.3, -0.25) is 0 Å². The van der Waals surface area contributed by atoms with Crippen LogP contribution in [0, 0.1) is 0 Å². The number of carbonyl (C=O) groups excluding carboxylic acids is 1. The van der Waals surface area contributed by atoms with Gasteiger partial charge >= 0.3 is 5.97 Å². The Hall–Kier alpha value is -3.34. The van der Waals surface area contributed by atoms with Crippen LogP contribution in [-0.4, -0.2) is 25.6 Å². The molecule has 124 valence electrons. The number of esters is 1. The van der Waals surface area contributed by atoms with Crippen molar-refractivity contribution in [1.82, 2.24) is 0 Å². The maximum Gasteiger partial charge on any atom is 0.363 e. The number of nitrogens with zero attached hydrogens (tertiary/aromatic N) is 1. The lowest BCUT2D eigenvalue weighted by molar-refractivity contribution is -0.130. The molecular weight excluding hydrogens is 318 g/mol. The maximum atomic E-state index is 12.1. The number of carbonyl (C=O) groups is 1. The van der Waals surface area contributed by atoms with E-state index >= 15 is 0 Å². The lowest BCUT2D eigenvalue weighted by Gasteiger charge is -2.15. The van der Waals surface area contributed by atoms with Crippen molar-refractivity contribution in [1.29, 1.82) is 0 Å². The van der Waals surface area contributed by atoms with Crippen LogP contribution in [0.1, 0.15) is 11.1 Å². The summed E-state index contributed by atoms with van der Waals surface area (Å²) in [4.78, 5) is 16.4. The van der Waals surface area contributed by atoms with Gasteiger partial charge in [0.15, 0.2) is 5.70 Å². The number of cyclic esters (lactones) is 1. The molecule has 5 nitrogen and oxygen atoms in total. The van der Waals surface area contributed by atoms with Crippen LogP contribution in [0.4, 0.5) is 0 Å². The number of methoxy groups -OCH3 is 1. The zero-order chi connectivity index (χ0) is 17.2. The van der Waals surface area contributed by atoms with Crippen LogP contribution < -0.4 is 9.47 Å². The summed E-state index contributed by atoms with van der Waals surface area (Å²) in [5.74, 6) is 1.30. The standard InChI is InChI=1S/C20H15NO4/c1-23-16-7-4-6-15(11-16)19-21-17(20(22)25-19)10-13-9-14-5-2-3-8-18(14)24-12-13/h2-11H,12H2,1H3/b17-10-. The molecule has 0 spiro atoms. The molecule has 0 saturated carbocycles. The third kappa shape index (κ3) is 3.04. The number of para-hydroxylation sites is 1. The zero-order valence-electron chi connectivity index (χ0n) is 13.6. The van der Waals surface area contributed by atoms with Gasteiger partial charge in [0.1, 0.15) is 18.1 Å². The van der Waals surface area contributed by atoms with E-state index in [2.05, 4.69) is 4.99 Å². The minimum Gasteiger partial charge on any atom is -0.497 e. The zero-order valence-corrected chi connectivity index (χ0v) is 13.6. The van der Waals surface area contributed by atoms with Crippen LogP contribution in [0.15, 0.2) is 70.9 Å². The third-order valence-electron chi connectivity index (χ3n) is 3.91. The first-order valence-electron chi connectivity index (χ1n) is 7.82. The van der Waals surface area contributed by atoms with Crippen molar-refractivity contribution in [3.63, 3.8) is 0 Å². The number of benzene rings is 2. The van der Waals surface area contributed by atoms with Crippen molar-refractivity contribution < 1.29 is 19.0 Å². The van der Waals surface area contributed by atoms with Crippen LogP contribution >= 0.6 is 0 Å². The first-order chi connectivity index (χ1) is 12.2. The molecule has 4 rings (SSSR count). The number of rotatable bonds is 3. The van der Waals surface area contributed by atoms with Gasteiger partial charge in [-0.05, 0) is 42.0 Å². The minimum atomic E-state index is -0.474. The highest BCUT2D eigenvalue weighted by molar-refractivity contribution is 6.11. The van der Waals surface area contributed by atoms with Crippen LogP contribution in [0.3, 0.4) is 0 Å². The average Bonchev–Trinajstić information content (AvgIpc) is 3.02. The van der Waals surface area contributed by atoms with E-state index in [4.69, 9.17) is 14.2 Å². The van der Waals surface area contributed by atoms with Gasteiger partial charge in [-0.2, -0.15) is 0 Å². The fourth-order valence-corrected chi connectivity index (χ4v) is 2.68. The van der Waals surface area contributed by atoms with Gasteiger partial charge in [-0.15, -0.1) is 0 Å². The van der Waals surface area contributed by atoms with Gasteiger partial charge in [-0.25, -0.2) is 9.79 Å². The van der Waals surface area contributed by atoms with Gasteiger partial charge in [0, 0.05) is 11.1 Å². The van der Waals surface area contributed by atoms with Crippen molar-refractivity contribution in [2.24, 2.45) is 4.99 Å². The molecule has 2 aromatic carbocycles. The fourth-order valence-electron chi connectivity index (χ4n) is 2.68. The highest BCUT2D eigenvalue weighted by Gasteiger charge is 2.25. The van der Waals surface area contributed by atoms with Crippen molar-refractivity contribution in [3.05, 3.63) is 77.0 Å². The van der Waals surface area contributed by atoms with E-state index in [1.54, 1.807) is 19.3 Å². The van der Waals surface area contributed by atoms with Crippen molar-refractivity contribution in [3.8, 4) is 11.5 Å². The molecule has 25 heavy (non-hydrogen) atoms. The Bertz CT molecular complexity index is 940. The molecule has 2 aromatic rings. The SMILES string of the molecule is COc1cccc(C2=N/C(=C\C3=Cc4ccccc4OC3)C(=O)O2)c1. The second-order valence-corrected chi connectivity index (χ2v) is 5.61. The first-order valence-corrected chi connectivity index (χ1v) is 7.82. The molecule has 0 amide bonds. The Labute approximate surface area is 144 Å². The molecule has 0 N–H and O–H groups in total. The monoisotopic (exact) mass is 333 g/mol. The number of ether oxygens (including phenoxy) is 3. The van der Waals surface area contributed by atoms with Crippen LogP contribution in [0.2, 0.25) is 0 Å². The number of hydrogen-bond donors (Lipinski definition) is 0. The van der Waals surface area contributed by atoms with E-state index in [-0.39, 0.29) is 11.6 Å². The van der Waals surface area contributed by atoms with Crippen LogP contribution in [-0.2, 0) is 9.53 Å². The molecule has 0 saturated heterocycles. The number of fused-ring (bicyclic) bond motifs is 1. The van der Waals surface area contributed by atoms with E-state index in [0.717, 1.165) is 16.9 Å². The van der Waals surface area contributed by atoms with Crippen LogP contribution in [0.5, 0.6) is 11.5 Å². The fraction of sp³-hybridized carbons (Fsp3) is 0.100. The first kappa shape index (κ1) is 15.2. The van der Waals surface area contributed by atoms with Crippen molar-refractivity contribution in [2.45, 2.75) is 0 Å². The smallest absolute Gasteiger partial charge is 0.363 e. The summed E-state index contributed by atoms with van der Waals surface area (Å²) in [6.07, 6.45) is 3.68. The second-order valence-electron chi connectivity index (χ2n) is 5.61. The van der Waals surface area contributed by atoms with E-state index in [1.807, 2.05) is 48.5 Å². The molecular formula is C20H15NO4. The molecule has 0 unspecified atom stereocenters. The summed E-state index contributed by atoms with van der Waals surface area (Å²) in [5, 5.41) is 0. The van der Waals surface area contributed by atoms with Crippen molar-refractivity contribution in [2.75, 3.05) is 13.7 Å². The normalized spacial score (nSPS) is 17.3. The molecule has 2 heterocycles. The highest BCUT2D eigenvalue weighted by Crippen LogP contribution is 2.28. The maximum absolute atomic E-state index is 12.1. The van der Waals surface area contributed by atoms with Gasteiger partial charge in [-0.1, -0.05) is 24.3 Å². The molecule has 2 aliphatic heterocycles. The van der Waals surface area contributed by atoms with E-state index in [1.165, 1.54) is 0 Å². The average molecular weight is 333 g/mol. The summed E-state index contributed by atoms with van der Waals surface area (Å²) < 4.78 is 16.2. The summed E-state index contributed by atoms with van der Waals surface area (Å²) >= 11 is 0. The van der Waals surface area contributed by atoms with Crippen LogP contribution in [0.25, 0.3) is 6.08 Å². The predicted molar refractivity (Wildman–Crippen MR) is 93.6 cm³/mol. The molecule has 2 aliphatic rings. The van der Waals surface area contributed by atoms with Crippen molar-refractivity contribution >= 4 is 17.9 Å². The van der Waals surface area contributed by atoms with E-state index in [9.17, 15) is 4.79 Å². The second kappa shape index (κ2) is 6.28. The molecule has 0 bridgehead atoms. The molecule has 0 aromatic heterocycles. The summed E-state index contributed by atoms with van der Waals surface area (Å²) in [6.45, 7) is 0.387. The molecule has 0 fully saturated rings. The van der Waals surface area contributed by atoms with E-state index < -0.39 is 5.97 Å². The van der Waals surface area contributed by atoms with Gasteiger partial charge in [0.05, 0.1) is 7.11 Å². The van der Waals surface area contributed by atoms with Gasteiger partial charge < -0.3 is 14.2 Å². The van der Waals surface area contributed by atoms with Gasteiger partial charge in [0.2, 0.25) is 5.90 Å². The van der Waals surface area contributed by atoms with E-state index in [0.29, 0.717) is 17.9 Å². The predicted octanol–water partition coefficient (Wildman–Crippen LogP) is 3.36. The Morgan fingerprint density at radius 1 is 1.16 bits per heavy atom. The molecule has 0 atom stereocenters. The topological polar surface area (TPSA) is 57.1 Å². The third-order valence-corrected chi connectivity index (χ3v) is 3.91. The largest absolute Gasteiger partial charge is 0.497 e. The lowest BCUT2D eigenvalue weighted by atomic mass is 10.1. The molecule has 5 heteroatoms. The lowest BCUT2D eigenvalue weighted by Crippen LogP contribution is -2.08. The molecule has 0 radical (unpaired) electrons. The molecule has 0 aliphatic carbocycles. The summed E-state index contributed by atoms with van der Waals surface area (Å²) in [7, 11) is 1.58. The quantitative estimate of drug-likeness (QED) is 0.638. The number of hydrogen-bond acceptors (Lipinski definition) is 5.